The molecule has 3 unspecified atom stereocenters. The van der Waals surface area contributed by atoms with Crippen molar-refractivity contribution in [3.63, 3.8) is 0 Å². The van der Waals surface area contributed by atoms with Gasteiger partial charge in [-0.05, 0) is 43.1 Å². The first-order valence-corrected chi connectivity index (χ1v) is 6.84. The molecule has 0 radical (unpaired) electrons. The van der Waals surface area contributed by atoms with E-state index in [1.54, 1.807) is 0 Å². The highest BCUT2D eigenvalue weighted by molar-refractivity contribution is 5.26. The van der Waals surface area contributed by atoms with E-state index in [0.717, 1.165) is 17.8 Å². The summed E-state index contributed by atoms with van der Waals surface area (Å²) in [5.74, 6) is 8.44. The molecule has 2 fully saturated rings. The molecule has 0 spiro atoms. The monoisotopic (exact) mass is 230 g/mol. The van der Waals surface area contributed by atoms with Crippen LogP contribution in [0.1, 0.15) is 42.9 Å². The van der Waals surface area contributed by atoms with Gasteiger partial charge in [0.25, 0.3) is 0 Å². The molecule has 2 heteroatoms. The number of rotatable bonds is 3. The number of nitrogens with two attached hydrogens (primary N) is 1. The molecule has 2 aliphatic carbocycles. The van der Waals surface area contributed by atoms with Crippen LogP contribution in [-0.4, -0.2) is 0 Å². The number of hydrogen-bond acceptors (Lipinski definition) is 2. The maximum absolute atomic E-state index is 5.79. The molecule has 3 N–H and O–H groups in total. The molecule has 0 saturated heterocycles. The lowest BCUT2D eigenvalue weighted by Crippen LogP contribution is -2.30. The van der Waals surface area contributed by atoms with Crippen molar-refractivity contribution < 1.29 is 0 Å². The summed E-state index contributed by atoms with van der Waals surface area (Å²) in [6, 6.07) is 9.19. The Hall–Kier alpha value is -0.860. The maximum Gasteiger partial charge on any atom is 0.0493 e. The quantitative estimate of drug-likeness (QED) is 0.619. The molecule has 2 aliphatic rings. The van der Waals surface area contributed by atoms with Gasteiger partial charge in [0.1, 0.15) is 0 Å². The minimum absolute atomic E-state index is 0.365. The number of fused-ring (bicyclic) bond motifs is 1. The minimum Gasteiger partial charge on any atom is -0.271 e. The van der Waals surface area contributed by atoms with Gasteiger partial charge < -0.3 is 0 Å². The van der Waals surface area contributed by atoms with Crippen LogP contribution in [-0.2, 0) is 0 Å². The van der Waals surface area contributed by atoms with Crippen LogP contribution >= 0.6 is 0 Å². The Morgan fingerprint density at radius 1 is 1.12 bits per heavy atom. The number of hydrogen-bond donors (Lipinski definition) is 2. The van der Waals surface area contributed by atoms with Gasteiger partial charge in [-0.2, -0.15) is 0 Å². The van der Waals surface area contributed by atoms with Crippen LogP contribution in [0.2, 0.25) is 0 Å². The molecular formula is C15H22N2. The summed E-state index contributed by atoms with van der Waals surface area (Å²) in [4.78, 5) is 0. The van der Waals surface area contributed by atoms with E-state index in [1.807, 2.05) is 0 Å². The van der Waals surface area contributed by atoms with Crippen molar-refractivity contribution in [2.24, 2.45) is 23.6 Å². The maximum atomic E-state index is 5.79. The van der Waals surface area contributed by atoms with Crippen molar-refractivity contribution in [1.29, 1.82) is 0 Å². The molecule has 2 nitrogen and oxygen atoms in total. The molecule has 0 heterocycles. The highest BCUT2D eigenvalue weighted by Crippen LogP contribution is 2.60. The van der Waals surface area contributed by atoms with E-state index >= 15 is 0 Å². The molecule has 1 aromatic carbocycles. The van der Waals surface area contributed by atoms with Gasteiger partial charge in [0.15, 0.2) is 0 Å². The average Bonchev–Trinajstić information content (AvgIpc) is 3.07. The Bertz CT molecular complexity index is 372. The third kappa shape index (κ3) is 2.00. The Kier molecular flexibility index (Phi) is 2.93. The zero-order valence-electron chi connectivity index (χ0n) is 10.5. The van der Waals surface area contributed by atoms with Crippen LogP contribution in [0.25, 0.3) is 0 Å². The summed E-state index contributed by atoms with van der Waals surface area (Å²) >= 11 is 0. The lowest BCUT2D eigenvalue weighted by molar-refractivity contribution is 0.456. The van der Waals surface area contributed by atoms with Gasteiger partial charge in [0, 0.05) is 6.04 Å². The normalized spacial score (nSPS) is 32.9. The molecule has 92 valence electrons. The molecule has 1 aromatic rings. The van der Waals surface area contributed by atoms with Gasteiger partial charge in [-0.1, -0.05) is 42.7 Å². The van der Waals surface area contributed by atoms with Crippen molar-refractivity contribution >= 4 is 0 Å². The standard InChI is InChI=1S/C15H22N2/c1-10-6-8-11(9-7-10)15(17-16)14-12-4-2-3-5-13(12)14/h6-9,12-15,17H,2-5,16H2,1H3. The van der Waals surface area contributed by atoms with Crippen molar-refractivity contribution in [3.05, 3.63) is 35.4 Å². The molecule has 0 bridgehead atoms. The smallest absolute Gasteiger partial charge is 0.0493 e. The first-order valence-electron chi connectivity index (χ1n) is 6.84. The van der Waals surface area contributed by atoms with Gasteiger partial charge in [-0.25, -0.2) is 0 Å². The van der Waals surface area contributed by atoms with E-state index in [9.17, 15) is 0 Å². The highest BCUT2D eigenvalue weighted by Gasteiger charge is 2.54. The number of hydrazine groups is 1. The van der Waals surface area contributed by atoms with Crippen LogP contribution < -0.4 is 11.3 Å². The number of nitrogens with one attached hydrogen (secondary N) is 1. The Morgan fingerprint density at radius 2 is 1.71 bits per heavy atom. The second kappa shape index (κ2) is 4.43. The topological polar surface area (TPSA) is 38.0 Å². The summed E-state index contributed by atoms with van der Waals surface area (Å²) in [5.41, 5.74) is 5.73. The van der Waals surface area contributed by atoms with Crippen LogP contribution in [0.3, 0.4) is 0 Å². The lowest BCUT2D eigenvalue weighted by atomic mass is 9.99. The molecule has 2 saturated carbocycles. The second-order valence-electron chi connectivity index (χ2n) is 5.74. The second-order valence-corrected chi connectivity index (χ2v) is 5.74. The van der Waals surface area contributed by atoms with E-state index in [-0.39, 0.29) is 0 Å². The van der Waals surface area contributed by atoms with Gasteiger partial charge >= 0.3 is 0 Å². The summed E-state index contributed by atoms with van der Waals surface area (Å²) in [6.07, 6.45) is 5.67. The predicted molar refractivity (Wildman–Crippen MR) is 70.2 cm³/mol. The molecule has 3 rings (SSSR count). The molecule has 0 aromatic heterocycles. The fraction of sp³-hybridized carbons (Fsp3) is 0.600. The van der Waals surface area contributed by atoms with E-state index in [4.69, 9.17) is 5.84 Å². The molecule has 0 amide bonds. The van der Waals surface area contributed by atoms with Gasteiger partial charge in [0.2, 0.25) is 0 Å². The highest BCUT2D eigenvalue weighted by atomic mass is 15.2. The predicted octanol–water partition coefficient (Wildman–Crippen LogP) is 2.94. The number of benzene rings is 1. The molecule has 17 heavy (non-hydrogen) atoms. The van der Waals surface area contributed by atoms with Gasteiger partial charge in [-0.15, -0.1) is 0 Å². The fourth-order valence-corrected chi connectivity index (χ4v) is 3.75. The van der Waals surface area contributed by atoms with Crippen molar-refractivity contribution in [1.82, 2.24) is 5.43 Å². The summed E-state index contributed by atoms with van der Waals surface area (Å²) in [6.45, 7) is 2.13. The van der Waals surface area contributed by atoms with Crippen LogP contribution in [0, 0.1) is 24.7 Å². The third-order valence-corrected chi connectivity index (χ3v) is 4.72. The summed E-state index contributed by atoms with van der Waals surface area (Å²) in [7, 11) is 0. The SMILES string of the molecule is Cc1ccc(C(NN)C2C3CCCCC32)cc1. The largest absolute Gasteiger partial charge is 0.271 e. The van der Waals surface area contributed by atoms with Gasteiger partial charge in [0.05, 0.1) is 0 Å². The van der Waals surface area contributed by atoms with E-state index in [0.29, 0.717) is 6.04 Å². The zero-order valence-corrected chi connectivity index (χ0v) is 10.5. The summed E-state index contributed by atoms with van der Waals surface area (Å²) < 4.78 is 0. The number of aryl methyl sites for hydroxylation is 1. The first kappa shape index (κ1) is 11.2. The van der Waals surface area contributed by atoms with Crippen molar-refractivity contribution in [2.45, 2.75) is 38.6 Å². The molecular weight excluding hydrogens is 208 g/mol. The Morgan fingerprint density at radius 3 is 2.24 bits per heavy atom. The fourth-order valence-electron chi connectivity index (χ4n) is 3.75. The van der Waals surface area contributed by atoms with Crippen LogP contribution in [0.15, 0.2) is 24.3 Å². The van der Waals surface area contributed by atoms with Crippen molar-refractivity contribution in [3.8, 4) is 0 Å². The van der Waals surface area contributed by atoms with Gasteiger partial charge in [-0.3, -0.25) is 11.3 Å². The Balaban J connectivity index is 1.78. The van der Waals surface area contributed by atoms with E-state index in [1.165, 1.54) is 36.8 Å². The summed E-state index contributed by atoms with van der Waals surface area (Å²) in [5, 5.41) is 0. The van der Waals surface area contributed by atoms with E-state index in [2.05, 4.69) is 36.6 Å². The van der Waals surface area contributed by atoms with Crippen LogP contribution in [0.5, 0.6) is 0 Å². The van der Waals surface area contributed by atoms with Crippen molar-refractivity contribution in [2.75, 3.05) is 0 Å². The molecule has 3 atom stereocenters. The third-order valence-electron chi connectivity index (χ3n) is 4.72. The zero-order chi connectivity index (χ0) is 11.8. The molecule has 0 aliphatic heterocycles. The minimum atomic E-state index is 0.365. The lowest BCUT2D eigenvalue weighted by Gasteiger charge is -2.17. The van der Waals surface area contributed by atoms with E-state index < -0.39 is 0 Å². The first-order chi connectivity index (χ1) is 8.31. The van der Waals surface area contributed by atoms with Crippen LogP contribution in [0.4, 0.5) is 0 Å². The Labute approximate surface area is 104 Å². The average molecular weight is 230 g/mol.